The van der Waals surface area contributed by atoms with Crippen molar-refractivity contribution in [3.05, 3.63) is 34.4 Å². The highest BCUT2D eigenvalue weighted by atomic mass is 32.2. The molecule has 23 heavy (non-hydrogen) atoms. The third-order valence-corrected chi connectivity index (χ3v) is 4.90. The highest BCUT2D eigenvalue weighted by Gasteiger charge is 2.17. The summed E-state index contributed by atoms with van der Waals surface area (Å²) >= 11 is 0.692. The Morgan fingerprint density at radius 2 is 2.09 bits per heavy atom. The first-order valence-corrected chi connectivity index (χ1v) is 8.68. The molecule has 2 aromatic rings. The first-order valence-electron chi connectivity index (χ1n) is 5.97. The monoisotopic (exact) mass is 358 g/mol. The maximum absolute atomic E-state index is 11.7. The second-order valence-electron chi connectivity index (χ2n) is 4.21. The van der Waals surface area contributed by atoms with Crippen LogP contribution in [0.5, 0.6) is 5.75 Å². The molecule has 12 heteroatoms. The smallest absolute Gasteiger partial charge is 0.310 e. The summed E-state index contributed by atoms with van der Waals surface area (Å²) in [5.41, 5.74) is -0.268. The first-order chi connectivity index (χ1) is 10.8. The Morgan fingerprint density at radius 1 is 1.39 bits per heavy atom. The van der Waals surface area contributed by atoms with Crippen LogP contribution in [0.25, 0.3) is 0 Å². The molecule has 0 saturated carbocycles. The molecule has 0 aliphatic heterocycles. The zero-order chi connectivity index (χ0) is 17.0. The normalized spacial score (nSPS) is 11.0. The lowest BCUT2D eigenvalue weighted by Crippen LogP contribution is -2.20. The van der Waals surface area contributed by atoms with Crippen molar-refractivity contribution in [1.29, 1.82) is 0 Å². The molecule has 0 aliphatic carbocycles. The van der Waals surface area contributed by atoms with Gasteiger partial charge in [0.25, 0.3) is 5.91 Å². The van der Waals surface area contributed by atoms with Crippen molar-refractivity contribution in [2.24, 2.45) is 0 Å². The Kier molecular flexibility index (Phi) is 4.86. The zero-order valence-corrected chi connectivity index (χ0v) is 13.3. The number of nitro groups is 1. The van der Waals surface area contributed by atoms with Crippen LogP contribution in [0.15, 0.2) is 28.6 Å². The van der Waals surface area contributed by atoms with Gasteiger partial charge in [-0.2, -0.15) is 0 Å². The minimum Gasteiger partial charge on any atom is -0.477 e. The van der Waals surface area contributed by atoms with Crippen molar-refractivity contribution in [3.8, 4) is 5.75 Å². The van der Waals surface area contributed by atoms with Gasteiger partial charge in [-0.15, -0.1) is 10.2 Å². The second-order valence-corrected chi connectivity index (χ2v) is 7.37. The van der Waals surface area contributed by atoms with Crippen LogP contribution in [0.1, 0.15) is 0 Å². The Labute approximate surface area is 134 Å². The van der Waals surface area contributed by atoms with Gasteiger partial charge in [0, 0.05) is 12.3 Å². The maximum atomic E-state index is 11.7. The fraction of sp³-hybridized carbons (Fsp3) is 0.182. The molecule has 0 unspecified atom stereocenters. The van der Waals surface area contributed by atoms with E-state index in [0.29, 0.717) is 11.3 Å². The van der Waals surface area contributed by atoms with Crippen molar-refractivity contribution >= 4 is 37.9 Å². The summed E-state index contributed by atoms with van der Waals surface area (Å²) < 4.78 is 27.4. The van der Waals surface area contributed by atoms with E-state index in [0.717, 1.165) is 6.26 Å². The van der Waals surface area contributed by atoms with Crippen LogP contribution in [-0.2, 0) is 14.6 Å². The van der Waals surface area contributed by atoms with Crippen LogP contribution < -0.4 is 10.1 Å². The molecule has 0 fully saturated rings. The molecule has 0 spiro atoms. The summed E-state index contributed by atoms with van der Waals surface area (Å²) in [5, 5.41) is 20.0. The fourth-order valence-electron chi connectivity index (χ4n) is 1.44. The minimum absolute atomic E-state index is 0.0124. The first kappa shape index (κ1) is 16.8. The molecule has 1 amide bonds. The van der Waals surface area contributed by atoms with E-state index in [1.54, 1.807) is 0 Å². The van der Waals surface area contributed by atoms with Gasteiger partial charge in [-0.1, -0.05) is 23.5 Å². The van der Waals surface area contributed by atoms with Crippen LogP contribution >= 0.6 is 11.3 Å². The van der Waals surface area contributed by atoms with Gasteiger partial charge in [-0.05, 0) is 6.07 Å². The highest BCUT2D eigenvalue weighted by molar-refractivity contribution is 7.92. The molecule has 0 radical (unpaired) electrons. The average Bonchev–Trinajstić information content (AvgIpc) is 2.94. The predicted molar refractivity (Wildman–Crippen MR) is 80.2 cm³/mol. The summed E-state index contributed by atoms with van der Waals surface area (Å²) in [7, 11) is -3.50. The van der Waals surface area contributed by atoms with Crippen molar-refractivity contribution in [2.75, 3.05) is 18.2 Å². The molecule has 0 saturated heterocycles. The molecule has 1 aromatic heterocycles. The SMILES string of the molecule is CS(=O)(=O)c1nnc(NC(=O)COc2ccccc2[N+](=O)[O-])s1. The van der Waals surface area contributed by atoms with Gasteiger partial charge in [0.05, 0.1) is 4.92 Å². The Hall–Kier alpha value is -2.60. The highest BCUT2D eigenvalue weighted by Crippen LogP contribution is 2.25. The van der Waals surface area contributed by atoms with Crippen molar-refractivity contribution in [3.63, 3.8) is 0 Å². The van der Waals surface area contributed by atoms with Crippen molar-refractivity contribution in [2.45, 2.75) is 4.34 Å². The van der Waals surface area contributed by atoms with Gasteiger partial charge in [0.1, 0.15) is 0 Å². The largest absolute Gasteiger partial charge is 0.477 e. The maximum Gasteiger partial charge on any atom is 0.310 e. The van der Waals surface area contributed by atoms with E-state index in [9.17, 15) is 23.3 Å². The summed E-state index contributed by atoms with van der Waals surface area (Å²) in [6, 6.07) is 5.61. The summed E-state index contributed by atoms with van der Waals surface area (Å²) in [6.07, 6.45) is 0.969. The van der Waals surface area contributed by atoms with E-state index in [2.05, 4.69) is 15.5 Å². The van der Waals surface area contributed by atoms with Gasteiger partial charge in [0.2, 0.25) is 19.3 Å². The minimum atomic E-state index is -3.50. The molecule has 1 heterocycles. The molecule has 1 N–H and O–H groups in total. The molecule has 0 bridgehead atoms. The number of anilines is 1. The lowest BCUT2D eigenvalue weighted by Gasteiger charge is -2.05. The van der Waals surface area contributed by atoms with E-state index >= 15 is 0 Å². The lowest BCUT2D eigenvalue weighted by molar-refractivity contribution is -0.385. The van der Waals surface area contributed by atoms with E-state index < -0.39 is 27.3 Å². The number of rotatable bonds is 6. The molecule has 122 valence electrons. The number of benzene rings is 1. The lowest BCUT2D eigenvalue weighted by atomic mass is 10.3. The number of hydrogen-bond acceptors (Lipinski definition) is 9. The summed E-state index contributed by atoms with van der Waals surface area (Å²) in [4.78, 5) is 21.9. The van der Waals surface area contributed by atoms with E-state index in [1.165, 1.54) is 24.3 Å². The Balaban J connectivity index is 1.99. The number of carbonyl (C=O) groups is 1. The molecule has 1 aromatic carbocycles. The predicted octanol–water partition coefficient (Wildman–Crippen LogP) is 0.867. The molecular formula is C11H10N4O6S2. The number of aromatic nitrogens is 2. The quantitative estimate of drug-likeness (QED) is 0.455. The number of nitro benzene ring substituents is 1. The molecule has 10 nitrogen and oxygen atoms in total. The number of para-hydroxylation sites is 2. The summed E-state index contributed by atoms with van der Waals surface area (Å²) in [6.45, 7) is -0.501. The van der Waals surface area contributed by atoms with Gasteiger partial charge >= 0.3 is 5.69 Å². The molecule has 2 rings (SSSR count). The molecule has 0 aliphatic rings. The Morgan fingerprint density at radius 3 is 2.70 bits per heavy atom. The average molecular weight is 358 g/mol. The van der Waals surface area contributed by atoms with Gasteiger partial charge in [0.15, 0.2) is 12.4 Å². The number of ether oxygens (including phenoxy) is 1. The number of amides is 1. The van der Waals surface area contributed by atoms with E-state index in [-0.39, 0.29) is 20.9 Å². The van der Waals surface area contributed by atoms with Crippen LogP contribution in [0.4, 0.5) is 10.8 Å². The number of hydrogen-bond donors (Lipinski definition) is 1. The number of sulfone groups is 1. The number of nitrogens with zero attached hydrogens (tertiary/aromatic N) is 3. The van der Waals surface area contributed by atoms with Crippen LogP contribution in [0, 0.1) is 10.1 Å². The molecular weight excluding hydrogens is 348 g/mol. The van der Waals surface area contributed by atoms with Crippen LogP contribution in [0.3, 0.4) is 0 Å². The third-order valence-electron chi connectivity index (χ3n) is 2.39. The Bertz CT molecular complexity index is 848. The number of carbonyl (C=O) groups excluding carboxylic acids is 1. The number of nitrogens with one attached hydrogen (secondary N) is 1. The van der Waals surface area contributed by atoms with Crippen molar-refractivity contribution in [1.82, 2.24) is 10.2 Å². The van der Waals surface area contributed by atoms with Crippen LogP contribution in [-0.4, -0.2) is 42.3 Å². The fourth-order valence-corrected chi connectivity index (χ4v) is 2.96. The summed E-state index contributed by atoms with van der Waals surface area (Å²) in [5.74, 6) is -0.707. The van der Waals surface area contributed by atoms with E-state index in [4.69, 9.17) is 4.74 Å². The molecule has 0 atom stereocenters. The standard InChI is InChI=1S/C11H10N4O6S2/c1-23(19,20)11-14-13-10(22-11)12-9(16)6-21-8-5-3-2-4-7(8)15(17)18/h2-5H,6H2,1H3,(H,12,13,16). The topological polar surface area (TPSA) is 141 Å². The van der Waals surface area contributed by atoms with Crippen LogP contribution in [0.2, 0.25) is 0 Å². The van der Waals surface area contributed by atoms with Gasteiger partial charge < -0.3 is 4.74 Å². The van der Waals surface area contributed by atoms with E-state index in [1.807, 2.05) is 0 Å². The van der Waals surface area contributed by atoms with Crippen molar-refractivity contribution < 1.29 is 22.9 Å². The van der Waals surface area contributed by atoms with Gasteiger partial charge in [-0.25, -0.2) is 8.42 Å². The second kappa shape index (κ2) is 6.66. The zero-order valence-electron chi connectivity index (χ0n) is 11.6. The third kappa shape index (κ3) is 4.43. The van der Waals surface area contributed by atoms with Gasteiger partial charge in [-0.3, -0.25) is 20.2 Å².